The molecule has 1 aliphatic carbocycles. The van der Waals surface area contributed by atoms with E-state index in [4.69, 9.17) is 9.47 Å². The normalized spacial score (nSPS) is 22.1. The largest absolute Gasteiger partial charge is 0.445 e. The molecule has 0 aromatic heterocycles. The van der Waals surface area contributed by atoms with Gasteiger partial charge in [-0.25, -0.2) is 4.79 Å². The molecule has 0 bridgehead atoms. The van der Waals surface area contributed by atoms with E-state index in [0.717, 1.165) is 24.6 Å². The van der Waals surface area contributed by atoms with E-state index < -0.39 is 0 Å². The second-order valence-electron chi connectivity index (χ2n) is 7.85. The Morgan fingerprint density at radius 3 is 2.59 bits per heavy atom. The van der Waals surface area contributed by atoms with E-state index >= 15 is 0 Å². The molecule has 1 unspecified atom stereocenters. The van der Waals surface area contributed by atoms with Crippen molar-refractivity contribution in [1.82, 2.24) is 10.2 Å². The van der Waals surface area contributed by atoms with Gasteiger partial charge in [0.25, 0.3) is 0 Å². The van der Waals surface area contributed by atoms with Crippen LogP contribution in [0.15, 0.2) is 30.3 Å². The summed E-state index contributed by atoms with van der Waals surface area (Å²) in [5.41, 5.74) is 1.01. The Balaban J connectivity index is 1.35. The zero-order valence-electron chi connectivity index (χ0n) is 16.4. The van der Waals surface area contributed by atoms with E-state index in [2.05, 4.69) is 5.32 Å². The molecule has 1 atom stereocenters. The van der Waals surface area contributed by atoms with Crippen LogP contribution in [0.3, 0.4) is 0 Å². The maximum absolute atomic E-state index is 12.3. The minimum absolute atomic E-state index is 0.0524. The summed E-state index contributed by atoms with van der Waals surface area (Å²) in [5, 5.41) is 3.59. The van der Waals surface area contributed by atoms with Crippen molar-refractivity contribution in [3.8, 4) is 0 Å². The number of morpholine rings is 1. The first-order valence-corrected chi connectivity index (χ1v) is 10.6. The SMILES string of the molecule is O=C(OCc1ccccc1)N1CCOC(CNCC2CCCCCCC2)C1. The van der Waals surface area contributed by atoms with Crippen LogP contribution in [0, 0.1) is 5.92 Å². The Morgan fingerprint density at radius 1 is 1.07 bits per heavy atom. The van der Waals surface area contributed by atoms with Gasteiger partial charge in [0.2, 0.25) is 0 Å². The van der Waals surface area contributed by atoms with Crippen molar-refractivity contribution >= 4 is 6.09 Å². The summed E-state index contributed by atoms with van der Waals surface area (Å²) in [6, 6.07) is 9.80. The summed E-state index contributed by atoms with van der Waals surface area (Å²) in [6.07, 6.45) is 9.42. The molecule has 1 aromatic carbocycles. The standard InChI is InChI=1S/C22H34N2O3/c25-22(27-18-20-11-7-4-8-12-20)24-13-14-26-21(17-24)16-23-15-19-9-5-2-1-3-6-10-19/h4,7-8,11-12,19,21,23H,1-3,5-6,9-10,13-18H2. The quantitative estimate of drug-likeness (QED) is 0.818. The first-order valence-electron chi connectivity index (χ1n) is 10.6. The van der Waals surface area contributed by atoms with Gasteiger partial charge in [-0.3, -0.25) is 0 Å². The lowest BCUT2D eigenvalue weighted by molar-refractivity contribution is -0.0273. The van der Waals surface area contributed by atoms with Crippen LogP contribution in [0.25, 0.3) is 0 Å². The van der Waals surface area contributed by atoms with E-state index in [1.54, 1.807) is 4.90 Å². The van der Waals surface area contributed by atoms with Crippen LogP contribution in [0.5, 0.6) is 0 Å². The number of amides is 1. The highest BCUT2D eigenvalue weighted by molar-refractivity contribution is 5.67. The van der Waals surface area contributed by atoms with Crippen molar-refractivity contribution in [2.45, 2.75) is 57.7 Å². The van der Waals surface area contributed by atoms with Crippen molar-refractivity contribution in [2.24, 2.45) is 5.92 Å². The zero-order chi connectivity index (χ0) is 18.7. The monoisotopic (exact) mass is 374 g/mol. The van der Waals surface area contributed by atoms with Gasteiger partial charge in [-0.05, 0) is 30.9 Å². The third kappa shape index (κ3) is 7.15. The fraction of sp³-hybridized carbons (Fsp3) is 0.682. The molecule has 27 heavy (non-hydrogen) atoms. The lowest BCUT2D eigenvalue weighted by Crippen LogP contribution is -2.49. The highest BCUT2D eigenvalue weighted by Crippen LogP contribution is 2.21. The van der Waals surface area contributed by atoms with Gasteiger partial charge in [-0.2, -0.15) is 0 Å². The number of benzene rings is 1. The summed E-state index contributed by atoms with van der Waals surface area (Å²) in [6.45, 7) is 3.98. The smallest absolute Gasteiger partial charge is 0.410 e. The molecule has 0 spiro atoms. The van der Waals surface area contributed by atoms with Gasteiger partial charge in [0.05, 0.1) is 19.3 Å². The maximum atomic E-state index is 12.3. The molecule has 3 rings (SSSR count). The van der Waals surface area contributed by atoms with Crippen molar-refractivity contribution in [1.29, 1.82) is 0 Å². The van der Waals surface area contributed by atoms with Crippen molar-refractivity contribution in [3.05, 3.63) is 35.9 Å². The summed E-state index contributed by atoms with van der Waals surface area (Å²) in [7, 11) is 0. The summed E-state index contributed by atoms with van der Waals surface area (Å²) < 4.78 is 11.3. The van der Waals surface area contributed by atoms with Crippen LogP contribution < -0.4 is 5.32 Å². The molecule has 1 saturated heterocycles. The molecule has 5 heteroatoms. The van der Waals surface area contributed by atoms with Crippen molar-refractivity contribution in [3.63, 3.8) is 0 Å². The Kier molecular flexibility index (Phi) is 8.43. The highest BCUT2D eigenvalue weighted by Gasteiger charge is 2.25. The molecule has 1 aliphatic heterocycles. The molecule has 1 amide bonds. The Labute approximate surface area is 163 Å². The van der Waals surface area contributed by atoms with Crippen molar-refractivity contribution < 1.29 is 14.3 Å². The molecule has 1 aromatic rings. The third-order valence-corrected chi connectivity index (χ3v) is 5.63. The molecule has 2 fully saturated rings. The zero-order valence-corrected chi connectivity index (χ0v) is 16.4. The van der Waals surface area contributed by atoms with E-state index in [9.17, 15) is 4.79 Å². The molecule has 1 heterocycles. The van der Waals surface area contributed by atoms with E-state index in [1.165, 1.54) is 44.9 Å². The number of nitrogens with zero attached hydrogens (tertiary/aromatic N) is 1. The fourth-order valence-electron chi connectivity index (χ4n) is 4.01. The van der Waals surface area contributed by atoms with E-state index in [0.29, 0.717) is 26.3 Å². The molecule has 1 N–H and O–H groups in total. The van der Waals surface area contributed by atoms with Gasteiger partial charge in [-0.1, -0.05) is 62.4 Å². The maximum Gasteiger partial charge on any atom is 0.410 e. The summed E-state index contributed by atoms with van der Waals surface area (Å²) in [4.78, 5) is 14.1. The van der Waals surface area contributed by atoms with Gasteiger partial charge >= 0.3 is 6.09 Å². The van der Waals surface area contributed by atoms with Crippen LogP contribution in [0.1, 0.15) is 50.5 Å². The number of hydrogen-bond donors (Lipinski definition) is 1. The first-order chi connectivity index (χ1) is 13.3. The Bertz CT molecular complexity index is 544. The molecular weight excluding hydrogens is 340 g/mol. The lowest BCUT2D eigenvalue weighted by atomic mass is 9.91. The highest BCUT2D eigenvalue weighted by atomic mass is 16.6. The van der Waals surface area contributed by atoms with Crippen molar-refractivity contribution in [2.75, 3.05) is 32.8 Å². The number of ether oxygens (including phenoxy) is 2. The summed E-state index contributed by atoms with van der Waals surface area (Å²) >= 11 is 0. The van der Waals surface area contributed by atoms with Crippen LogP contribution in [-0.4, -0.2) is 49.9 Å². The number of carbonyl (C=O) groups excluding carboxylic acids is 1. The second kappa shape index (κ2) is 11.3. The minimum Gasteiger partial charge on any atom is -0.445 e. The van der Waals surface area contributed by atoms with Gasteiger partial charge in [0.1, 0.15) is 6.61 Å². The molecule has 1 saturated carbocycles. The second-order valence-corrected chi connectivity index (χ2v) is 7.85. The van der Waals surface area contributed by atoms with Crippen LogP contribution in [0.2, 0.25) is 0 Å². The predicted octanol–water partition coefficient (Wildman–Crippen LogP) is 3.97. The van der Waals surface area contributed by atoms with Gasteiger partial charge in [0.15, 0.2) is 0 Å². The third-order valence-electron chi connectivity index (χ3n) is 5.63. The number of rotatable bonds is 6. The number of carbonyl (C=O) groups is 1. The minimum atomic E-state index is -0.243. The number of nitrogens with one attached hydrogen (secondary N) is 1. The van der Waals surface area contributed by atoms with E-state index in [1.807, 2.05) is 30.3 Å². The molecule has 0 radical (unpaired) electrons. The van der Waals surface area contributed by atoms with Gasteiger partial charge in [0, 0.05) is 13.1 Å². The Hall–Kier alpha value is -1.59. The van der Waals surface area contributed by atoms with Gasteiger partial charge < -0.3 is 19.7 Å². The summed E-state index contributed by atoms with van der Waals surface area (Å²) in [5.74, 6) is 0.792. The lowest BCUT2D eigenvalue weighted by Gasteiger charge is -2.32. The molecule has 150 valence electrons. The average molecular weight is 375 g/mol. The van der Waals surface area contributed by atoms with Crippen LogP contribution in [-0.2, 0) is 16.1 Å². The first kappa shape index (κ1) is 20.2. The topological polar surface area (TPSA) is 50.8 Å². The van der Waals surface area contributed by atoms with Gasteiger partial charge in [-0.15, -0.1) is 0 Å². The predicted molar refractivity (Wildman–Crippen MR) is 107 cm³/mol. The molecular formula is C22H34N2O3. The van der Waals surface area contributed by atoms with Crippen LogP contribution >= 0.6 is 0 Å². The van der Waals surface area contributed by atoms with E-state index in [-0.39, 0.29) is 12.2 Å². The fourth-order valence-corrected chi connectivity index (χ4v) is 4.01. The average Bonchev–Trinajstić information content (AvgIpc) is 2.69. The number of hydrogen-bond acceptors (Lipinski definition) is 4. The Morgan fingerprint density at radius 2 is 1.81 bits per heavy atom. The van der Waals surface area contributed by atoms with Crippen LogP contribution in [0.4, 0.5) is 4.79 Å². The molecule has 5 nitrogen and oxygen atoms in total. The molecule has 2 aliphatic rings.